The summed E-state index contributed by atoms with van der Waals surface area (Å²) in [6.45, 7) is 8.74. The lowest BCUT2D eigenvalue weighted by Gasteiger charge is -2.31. The SMILES string of the molecule is CCCCCCN(C(=O)c1ccccc1C)C(C)c1nc2ccccc2c(=O)n1-c1cccc(C)c1. The van der Waals surface area contributed by atoms with Gasteiger partial charge in [0.05, 0.1) is 22.6 Å². The van der Waals surface area contributed by atoms with Gasteiger partial charge >= 0.3 is 0 Å². The molecule has 0 N–H and O–H groups in total. The summed E-state index contributed by atoms with van der Waals surface area (Å²) in [5, 5.41) is 0.565. The Morgan fingerprint density at radius 1 is 0.944 bits per heavy atom. The van der Waals surface area contributed by atoms with Crippen LogP contribution in [-0.4, -0.2) is 26.9 Å². The van der Waals surface area contributed by atoms with Gasteiger partial charge in [-0.05, 0) is 68.7 Å². The Morgan fingerprint density at radius 3 is 2.44 bits per heavy atom. The van der Waals surface area contributed by atoms with Gasteiger partial charge < -0.3 is 4.90 Å². The molecule has 0 spiro atoms. The summed E-state index contributed by atoms with van der Waals surface area (Å²) >= 11 is 0. The summed E-state index contributed by atoms with van der Waals surface area (Å²) in [6.07, 6.45) is 4.21. The maximum Gasteiger partial charge on any atom is 0.266 e. The molecule has 5 heteroatoms. The molecule has 0 saturated carbocycles. The van der Waals surface area contributed by atoms with Crippen molar-refractivity contribution >= 4 is 16.8 Å². The molecule has 1 heterocycles. The zero-order chi connectivity index (χ0) is 25.7. The van der Waals surface area contributed by atoms with Gasteiger partial charge in [0.25, 0.3) is 11.5 Å². The number of para-hydroxylation sites is 1. The first kappa shape index (κ1) is 25.4. The molecule has 1 atom stereocenters. The van der Waals surface area contributed by atoms with Crippen molar-refractivity contribution in [3.8, 4) is 5.69 Å². The van der Waals surface area contributed by atoms with Crippen LogP contribution in [-0.2, 0) is 0 Å². The molecule has 0 aliphatic rings. The molecule has 4 aromatic rings. The molecule has 36 heavy (non-hydrogen) atoms. The van der Waals surface area contributed by atoms with E-state index in [-0.39, 0.29) is 11.5 Å². The number of carbonyl (C=O) groups is 1. The lowest BCUT2D eigenvalue weighted by atomic mass is 10.1. The van der Waals surface area contributed by atoms with Crippen molar-refractivity contribution in [3.05, 3.63) is 106 Å². The molecule has 0 bridgehead atoms. The quantitative estimate of drug-likeness (QED) is 0.247. The van der Waals surface area contributed by atoms with E-state index in [4.69, 9.17) is 4.98 Å². The van der Waals surface area contributed by atoms with E-state index >= 15 is 0 Å². The maximum atomic E-state index is 13.9. The van der Waals surface area contributed by atoms with Crippen molar-refractivity contribution in [1.82, 2.24) is 14.5 Å². The molecule has 5 nitrogen and oxygen atoms in total. The second kappa shape index (κ2) is 11.3. The van der Waals surface area contributed by atoms with Crippen molar-refractivity contribution < 1.29 is 4.79 Å². The standard InChI is InChI=1S/C31H35N3O2/c1-5-6-7-12-20-33(30(35)26-17-9-8-15-23(26)3)24(4)29-32-28-19-11-10-18-27(28)31(36)34(29)25-16-13-14-22(2)21-25/h8-11,13-19,21,24H,5-7,12,20H2,1-4H3. The first-order valence-corrected chi connectivity index (χ1v) is 12.9. The van der Waals surface area contributed by atoms with Gasteiger partial charge in [-0.15, -0.1) is 0 Å². The fourth-order valence-electron chi connectivity index (χ4n) is 4.73. The molecule has 0 saturated heterocycles. The number of hydrogen-bond donors (Lipinski definition) is 0. The van der Waals surface area contributed by atoms with E-state index in [1.165, 1.54) is 0 Å². The van der Waals surface area contributed by atoms with Crippen molar-refractivity contribution in [2.45, 2.75) is 59.4 Å². The van der Waals surface area contributed by atoms with Crippen LogP contribution in [0.3, 0.4) is 0 Å². The molecule has 0 aliphatic carbocycles. The Balaban J connectivity index is 1.87. The van der Waals surface area contributed by atoms with Gasteiger partial charge in [-0.25, -0.2) is 4.98 Å². The molecule has 186 valence electrons. The highest BCUT2D eigenvalue weighted by Crippen LogP contribution is 2.26. The number of hydrogen-bond acceptors (Lipinski definition) is 3. The fourth-order valence-corrected chi connectivity index (χ4v) is 4.73. The smallest absolute Gasteiger partial charge is 0.266 e. The molecule has 4 rings (SSSR count). The molecule has 1 unspecified atom stereocenters. The number of fused-ring (bicyclic) bond motifs is 1. The monoisotopic (exact) mass is 481 g/mol. The number of unbranched alkanes of at least 4 members (excludes halogenated alkanes) is 3. The number of benzene rings is 3. The molecule has 1 aromatic heterocycles. The highest BCUT2D eigenvalue weighted by atomic mass is 16.2. The van der Waals surface area contributed by atoms with Crippen LogP contribution in [0.2, 0.25) is 0 Å². The van der Waals surface area contributed by atoms with Gasteiger partial charge in [-0.2, -0.15) is 0 Å². The first-order valence-electron chi connectivity index (χ1n) is 12.9. The van der Waals surface area contributed by atoms with E-state index in [1.54, 1.807) is 4.57 Å². The van der Waals surface area contributed by atoms with Crippen LogP contribution in [0.5, 0.6) is 0 Å². The third-order valence-electron chi connectivity index (χ3n) is 6.79. The Morgan fingerprint density at radius 2 is 1.69 bits per heavy atom. The lowest BCUT2D eigenvalue weighted by molar-refractivity contribution is 0.0676. The Kier molecular flexibility index (Phi) is 7.99. The second-order valence-corrected chi connectivity index (χ2v) is 9.52. The average Bonchev–Trinajstić information content (AvgIpc) is 2.88. The number of aromatic nitrogens is 2. The Hall–Kier alpha value is -3.73. The molecule has 0 aliphatic heterocycles. The van der Waals surface area contributed by atoms with E-state index in [0.29, 0.717) is 28.8 Å². The van der Waals surface area contributed by atoms with Gasteiger partial charge in [0, 0.05) is 12.1 Å². The number of aryl methyl sites for hydroxylation is 2. The van der Waals surface area contributed by atoms with E-state index in [0.717, 1.165) is 42.5 Å². The largest absolute Gasteiger partial charge is 0.329 e. The highest BCUT2D eigenvalue weighted by molar-refractivity contribution is 5.96. The minimum absolute atomic E-state index is 0.0321. The van der Waals surface area contributed by atoms with Crippen LogP contribution in [0.4, 0.5) is 0 Å². The van der Waals surface area contributed by atoms with E-state index in [2.05, 4.69) is 6.92 Å². The minimum atomic E-state index is -0.406. The topological polar surface area (TPSA) is 55.2 Å². The fraction of sp³-hybridized carbons (Fsp3) is 0.323. The Bertz CT molecular complexity index is 1420. The summed E-state index contributed by atoms with van der Waals surface area (Å²) in [6, 6.07) is 22.6. The first-order chi connectivity index (χ1) is 17.4. The number of amides is 1. The second-order valence-electron chi connectivity index (χ2n) is 9.52. The van der Waals surface area contributed by atoms with Gasteiger partial charge in [0.1, 0.15) is 5.82 Å². The molecule has 0 fully saturated rings. The molecule has 0 radical (unpaired) electrons. The summed E-state index contributed by atoms with van der Waals surface area (Å²) in [7, 11) is 0. The molecule has 3 aromatic carbocycles. The number of nitrogens with zero attached hydrogens (tertiary/aromatic N) is 3. The van der Waals surface area contributed by atoms with Gasteiger partial charge in [-0.1, -0.05) is 68.7 Å². The summed E-state index contributed by atoms with van der Waals surface area (Å²) < 4.78 is 1.68. The van der Waals surface area contributed by atoms with Crippen LogP contribution in [0, 0.1) is 13.8 Å². The highest BCUT2D eigenvalue weighted by Gasteiger charge is 2.28. The lowest BCUT2D eigenvalue weighted by Crippen LogP contribution is -2.38. The van der Waals surface area contributed by atoms with E-state index in [1.807, 2.05) is 98.5 Å². The van der Waals surface area contributed by atoms with Crippen molar-refractivity contribution in [3.63, 3.8) is 0 Å². The third kappa shape index (κ3) is 5.25. The molecular formula is C31H35N3O2. The van der Waals surface area contributed by atoms with Crippen LogP contribution in [0.15, 0.2) is 77.6 Å². The van der Waals surface area contributed by atoms with Gasteiger partial charge in [0.2, 0.25) is 0 Å². The van der Waals surface area contributed by atoms with Crippen molar-refractivity contribution in [1.29, 1.82) is 0 Å². The van der Waals surface area contributed by atoms with Crippen LogP contribution in [0.1, 0.15) is 72.9 Å². The number of carbonyl (C=O) groups excluding carboxylic acids is 1. The predicted molar refractivity (Wildman–Crippen MR) is 147 cm³/mol. The van der Waals surface area contributed by atoms with E-state index < -0.39 is 6.04 Å². The number of rotatable bonds is 9. The summed E-state index contributed by atoms with van der Waals surface area (Å²) in [5.74, 6) is 0.539. The molecular weight excluding hydrogens is 446 g/mol. The van der Waals surface area contributed by atoms with Crippen LogP contribution < -0.4 is 5.56 Å². The molecule has 1 amide bonds. The predicted octanol–water partition coefficient (Wildman–Crippen LogP) is 6.79. The maximum absolute atomic E-state index is 13.9. The van der Waals surface area contributed by atoms with Crippen molar-refractivity contribution in [2.24, 2.45) is 0 Å². The van der Waals surface area contributed by atoms with Crippen molar-refractivity contribution in [2.75, 3.05) is 6.54 Å². The van der Waals surface area contributed by atoms with Crippen LogP contribution >= 0.6 is 0 Å². The summed E-state index contributed by atoms with van der Waals surface area (Å²) in [4.78, 5) is 34.6. The van der Waals surface area contributed by atoms with Gasteiger partial charge in [-0.3, -0.25) is 14.2 Å². The Labute approximate surface area is 213 Å². The zero-order valence-electron chi connectivity index (χ0n) is 21.7. The summed E-state index contributed by atoms with van der Waals surface area (Å²) in [5.41, 5.74) is 3.96. The van der Waals surface area contributed by atoms with Gasteiger partial charge in [0.15, 0.2) is 0 Å². The van der Waals surface area contributed by atoms with Crippen LogP contribution in [0.25, 0.3) is 16.6 Å². The zero-order valence-corrected chi connectivity index (χ0v) is 21.7. The average molecular weight is 482 g/mol. The third-order valence-corrected chi connectivity index (χ3v) is 6.79. The van der Waals surface area contributed by atoms with E-state index in [9.17, 15) is 9.59 Å². The minimum Gasteiger partial charge on any atom is -0.329 e. The normalized spacial score (nSPS) is 12.0.